The molecule has 5 heteroatoms. The van der Waals surface area contributed by atoms with Gasteiger partial charge in [0.1, 0.15) is 5.82 Å². The summed E-state index contributed by atoms with van der Waals surface area (Å²) in [7, 11) is 0. The Kier molecular flexibility index (Phi) is 2.70. The van der Waals surface area contributed by atoms with Gasteiger partial charge in [0.05, 0.1) is 11.1 Å². The Hall–Kier alpha value is -0.680. The van der Waals surface area contributed by atoms with Crippen LogP contribution in [0.15, 0.2) is 0 Å². The minimum Gasteiger partial charge on any atom is -0.388 e. The first kappa shape index (κ1) is 11.8. The fourth-order valence-corrected chi connectivity index (χ4v) is 2.02. The molecule has 0 aliphatic heterocycles. The fourth-order valence-electron chi connectivity index (χ4n) is 1.21. The SMILES string of the molecule is CC(C)(O)C(C)(C)Nc1nc(C2CC2)ns1. The average Bonchev–Trinajstić information content (AvgIpc) is 2.86. The van der Waals surface area contributed by atoms with Crippen molar-refractivity contribution in [1.82, 2.24) is 9.36 Å². The maximum absolute atomic E-state index is 10.0. The van der Waals surface area contributed by atoms with E-state index in [1.54, 1.807) is 13.8 Å². The van der Waals surface area contributed by atoms with Crippen molar-refractivity contribution >= 4 is 16.7 Å². The van der Waals surface area contributed by atoms with Crippen LogP contribution in [0.2, 0.25) is 0 Å². The molecule has 1 fully saturated rings. The van der Waals surface area contributed by atoms with Gasteiger partial charge in [0, 0.05) is 17.5 Å². The van der Waals surface area contributed by atoms with Crippen LogP contribution >= 0.6 is 11.5 Å². The van der Waals surface area contributed by atoms with Crippen molar-refractivity contribution in [2.75, 3.05) is 5.32 Å². The number of nitrogens with zero attached hydrogens (tertiary/aromatic N) is 2. The van der Waals surface area contributed by atoms with Crippen LogP contribution in [0.25, 0.3) is 0 Å². The summed E-state index contributed by atoms with van der Waals surface area (Å²) in [6.07, 6.45) is 2.43. The van der Waals surface area contributed by atoms with Gasteiger partial charge in [0.15, 0.2) is 0 Å². The highest BCUT2D eigenvalue weighted by Gasteiger charge is 2.36. The number of aromatic nitrogens is 2. The van der Waals surface area contributed by atoms with Crippen molar-refractivity contribution in [1.29, 1.82) is 0 Å². The van der Waals surface area contributed by atoms with Crippen molar-refractivity contribution in [2.24, 2.45) is 0 Å². The summed E-state index contributed by atoms with van der Waals surface area (Å²) in [4.78, 5) is 4.46. The Bertz CT molecular complexity index is 377. The molecule has 1 saturated carbocycles. The molecule has 0 spiro atoms. The summed E-state index contributed by atoms with van der Waals surface area (Å²) in [6, 6.07) is 0. The third-order valence-corrected chi connectivity index (χ3v) is 3.98. The Morgan fingerprint density at radius 1 is 1.31 bits per heavy atom. The summed E-state index contributed by atoms with van der Waals surface area (Å²) in [5.74, 6) is 1.54. The molecule has 2 rings (SSSR count). The molecular formula is C11H19N3OS. The van der Waals surface area contributed by atoms with Crippen LogP contribution in [-0.4, -0.2) is 25.6 Å². The molecule has 0 aromatic carbocycles. The molecular weight excluding hydrogens is 222 g/mol. The summed E-state index contributed by atoms with van der Waals surface area (Å²) >= 11 is 1.38. The van der Waals surface area contributed by atoms with Gasteiger partial charge in [-0.25, -0.2) is 4.98 Å². The number of rotatable bonds is 4. The number of hydrogen-bond acceptors (Lipinski definition) is 5. The topological polar surface area (TPSA) is 58.0 Å². The lowest BCUT2D eigenvalue weighted by Gasteiger charge is -2.37. The molecule has 4 nitrogen and oxygen atoms in total. The van der Waals surface area contributed by atoms with Gasteiger partial charge in [-0.3, -0.25) is 0 Å². The van der Waals surface area contributed by atoms with Crippen molar-refractivity contribution in [3.8, 4) is 0 Å². The smallest absolute Gasteiger partial charge is 0.203 e. The van der Waals surface area contributed by atoms with Crippen LogP contribution < -0.4 is 5.32 Å². The summed E-state index contributed by atoms with van der Waals surface area (Å²) in [6.45, 7) is 7.52. The first-order valence-corrected chi connectivity index (χ1v) is 6.41. The molecule has 0 unspecified atom stereocenters. The standard InChI is InChI=1S/C11H19N3OS/c1-10(2,11(3,4)15)13-9-12-8(14-16-9)7-5-6-7/h7,15H,5-6H2,1-4H3,(H,12,13,14). The van der Waals surface area contributed by atoms with Gasteiger partial charge in [-0.15, -0.1) is 0 Å². The number of aliphatic hydroxyl groups is 1. The van der Waals surface area contributed by atoms with Crippen LogP contribution in [0.1, 0.15) is 52.3 Å². The largest absolute Gasteiger partial charge is 0.388 e. The van der Waals surface area contributed by atoms with E-state index in [1.807, 2.05) is 13.8 Å². The zero-order valence-electron chi connectivity index (χ0n) is 10.2. The second kappa shape index (κ2) is 3.67. The van der Waals surface area contributed by atoms with Crippen molar-refractivity contribution in [2.45, 2.75) is 57.6 Å². The molecule has 0 saturated heterocycles. The summed E-state index contributed by atoms with van der Waals surface area (Å²) < 4.78 is 4.33. The Labute approximate surface area is 100 Å². The predicted molar refractivity (Wildman–Crippen MR) is 65.9 cm³/mol. The van der Waals surface area contributed by atoms with Gasteiger partial charge in [0.25, 0.3) is 0 Å². The van der Waals surface area contributed by atoms with Crippen LogP contribution in [0.4, 0.5) is 5.13 Å². The molecule has 16 heavy (non-hydrogen) atoms. The number of anilines is 1. The molecule has 1 aromatic rings. The van der Waals surface area contributed by atoms with E-state index >= 15 is 0 Å². The number of nitrogens with one attached hydrogen (secondary N) is 1. The maximum Gasteiger partial charge on any atom is 0.203 e. The fraction of sp³-hybridized carbons (Fsp3) is 0.818. The van der Waals surface area contributed by atoms with E-state index in [1.165, 1.54) is 24.4 Å². The van der Waals surface area contributed by atoms with Crippen LogP contribution in [0.3, 0.4) is 0 Å². The predicted octanol–water partition coefficient (Wildman–Crippen LogP) is 2.38. The van der Waals surface area contributed by atoms with E-state index in [0.717, 1.165) is 11.0 Å². The summed E-state index contributed by atoms with van der Waals surface area (Å²) in [5.41, 5.74) is -1.23. The van der Waals surface area contributed by atoms with Crippen LogP contribution in [0, 0.1) is 0 Å². The molecule has 0 amide bonds. The van der Waals surface area contributed by atoms with Gasteiger partial charge in [-0.05, 0) is 40.5 Å². The van der Waals surface area contributed by atoms with E-state index < -0.39 is 11.1 Å². The first-order chi connectivity index (χ1) is 7.29. The zero-order chi connectivity index (χ0) is 12.0. The second-order valence-corrected chi connectivity index (χ2v) is 6.29. The lowest BCUT2D eigenvalue weighted by Crippen LogP contribution is -2.51. The maximum atomic E-state index is 10.0. The van der Waals surface area contributed by atoms with Gasteiger partial charge < -0.3 is 10.4 Å². The molecule has 2 N–H and O–H groups in total. The minimum atomic E-state index is -0.807. The molecule has 1 aliphatic rings. The highest BCUT2D eigenvalue weighted by molar-refractivity contribution is 7.09. The molecule has 90 valence electrons. The normalized spacial score (nSPS) is 17.6. The van der Waals surface area contributed by atoms with Crippen molar-refractivity contribution < 1.29 is 5.11 Å². The molecule has 1 aromatic heterocycles. The molecule has 0 bridgehead atoms. The van der Waals surface area contributed by atoms with E-state index in [9.17, 15) is 5.11 Å². The van der Waals surface area contributed by atoms with Gasteiger partial charge >= 0.3 is 0 Å². The third kappa shape index (κ3) is 2.35. The van der Waals surface area contributed by atoms with Crippen LogP contribution in [-0.2, 0) is 0 Å². The molecule has 0 atom stereocenters. The molecule has 0 radical (unpaired) electrons. The van der Waals surface area contributed by atoms with Gasteiger partial charge in [-0.1, -0.05) is 0 Å². The van der Waals surface area contributed by atoms with E-state index in [2.05, 4.69) is 14.7 Å². The average molecular weight is 241 g/mol. The van der Waals surface area contributed by atoms with E-state index in [-0.39, 0.29) is 0 Å². The highest BCUT2D eigenvalue weighted by Crippen LogP contribution is 2.39. The third-order valence-electron chi connectivity index (χ3n) is 3.33. The van der Waals surface area contributed by atoms with Gasteiger partial charge in [0.2, 0.25) is 5.13 Å². The molecule has 1 heterocycles. The van der Waals surface area contributed by atoms with E-state index in [4.69, 9.17) is 0 Å². The highest BCUT2D eigenvalue weighted by atomic mass is 32.1. The quantitative estimate of drug-likeness (QED) is 0.849. The first-order valence-electron chi connectivity index (χ1n) is 5.64. The van der Waals surface area contributed by atoms with Crippen molar-refractivity contribution in [3.63, 3.8) is 0 Å². The Morgan fingerprint density at radius 2 is 1.94 bits per heavy atom. The second-order valence-electron chi connectivity index (χ2n) is 5.54. The monoisotopic (exact) mass is 241 g/mol. The van der Waals surface area contributed by atoms with Crippen LogP contribution in [0.5, 0.6) is 0 Å². The lowest BCUT2D eigenvalue weighted by atomic mass is 9.86. The lowest BCUT2D eigenvalue weighted by molar-refractivity contribution is 0.0240. The zero-order valence-corrected chi connectivity index (χ0v) is 11.1. The Morgan fingerprint density at radius 3 is 2.44 bits per heavy atom. The molecule has 1 aliphatic carbocycles. The number of hydrogen-bond donors (Lipinski definition) is 2. The summed E-state index contributed by atoms with van der Waals surface area (Å²) in [5, 5.41) is 14.1. The Balaban J connectivity index is 2.07. The van der Waals surface area contributed by atoms with E-state index in [0.29, 0.717) is 5.92 Å². The van der Waals surface area contributed by atoms with Gasteiger partial charge in [-0.2, -0.15) is 4.37 Å². The van der Waals surface area contributed by atoms with Crippen molar-refractivity contribution in [3.05, 3.63) is 5.82 Å². The minimum absolute atomic E-state index is 0.423.